The van der Waals surface area contributed by atoms with Crippen molar-refractivity contribution in [2.24, 2.45) is 5.73 Å². The summed E-state index contributed by atoms with van der Waals surface area (Å²) in [7, 11) is -2.06. The van der Waals surface area contributed by atoms with E-state index in [2.05, 4.69) is 4.98 Å². The van der Waals surface area contributed by atoms with Crippen molar-refractivity contribution in [1.29, 1.82) is 5.41 Å². The molecule has 1 aromatic rings. The van der Waals surface area contributed by atoms with Crippen LogP contribution in [0.15, 0.2) is 24.5 Å². The summed E-state index contributed by atoms with van der Waals surface area (Å²) in [6.07, 6.45) is 3.47. The molecule has 1 heterocycles. The summed E-state index contributed by atoms with van der Waals surface area (Å²) in [5.74, 6) is -0.0337. The molecule has 0 unspecified atom stereocenters. The van der Waals surface area contributed by atoms with E-state index in [4.69, 9.17) is 11.1 Å². The maximum absolute atomic E-state index is 12.6. The Kier molecular flexibility index (Phi) is 6.25. The first-order valence-electron chi connectivity index (χ1n) is 6.70. The van der Waals surface area contributed by atoms with E-state index in [1.165, 1.54) is 8.61 Å². The molecule has 0 atom stereocenters. The van der Waals surface area contributed by atoms with Crippen molar-refractivity contribution < 1.29 is 8.42 Å². The number of pyridine rings is 1. The Labute approximate surface area is 126 Å². The number of hydrogen-bond acceptors (Lipinski definition) is 4. The predicted octanol–water partition coefficient (Wildman–Crippen LogP) is 0.795. The van der Waals surface area contributed by atoms with Gasteiger partial charge in [0.25, 0.3) is 10.2 Å². The lowest BCUT2D eigenvalue weighted by Crippen LogP contribution is -2.45. The molecule has 0 aliphatic heterocycles. The summed E-state index contributed by atoms with van der Waals surface area (Å²) in [6.45, 7) is 4.00. The molecule has 0 aliphatic rings. The largest absolute Gasteiger partial charge is 0.388 e. The molecule has 7 nitrogen and oxygen atoms in total. The number of nitrogens with two attached hydrogens (primary N) is 1. The smallest absolute Gasteiger partial charge is 0.282 e. The van der Waals surface area contributed by atoms with Crippen molar-refractivity contribution in [3.8, 4) is 0 Å². The van der Waals surface area contributed by atoms with Crippen molar-refractivity contribution in [1.82, 2.24) is 13.6 Å². The van der Waals surface area contributed by atoms with E-state index in [1.54, 1.807) is 25.5 Å². The van der Waals surface area contributed by atoms with E-state index in [9.17, 15) is 8.42 Å². The van der Waals surface area contributed by atoms with Gasteiger partial charge < -0.3 is 5.73 Å². The molecule has 0 fully saturated rings. The Balaban J connectivity index is 2.99. The van der Waals surface area contributed by atoms with E-state index in [1.807, 2.05) is 19.9 Å². The van der Waals surface area contributed by atoms with Crippen LogP contribution in [0.4, 0.5) is 0 Å². The molecular formula is C13H23N5O2S. The van der Waals surface area contributed by atoms with Gasteiger partial charge in [0.15, 0.2) is 0 Å². The lowest BCUT2D eigenvalue weighted by molar-refractivity contribution is 0.334. The van der Waals surface area contributed by atoms with Crippen LogP contribution in [-0.4, -0.2) is 47.5 Å². The quantitative estimate of drug-likeness (QED) is 0.547. The van der Waals surface area contributed by atoms with Crippen LogP contribution in [0.5, 0.6) is 0 Å². The summed E-state index contributed by atoms with van der Waals surface area (Å²) in [5, 5.41) is 7.29. The number of aromatic nitrogens is 1. The normalized spacial score (nSPS) is 12.3. The SMILES string of the molecule is CC(C)N(C)S(=O)(=O)N(CCC(=N)N)Cc1cccnc1. The van der Waals surface area contributed by atoms with Crippen molar-refractivity contribution in [2.75, 3.05) is 13.6 Å². The van der Waals surface area contributed by atoms with Gasteiger partial charge in [-0.15, -0.1) is 0 Å². The fourth-order valence-corrected chi connectivity index (χ4v) is 3.20. The fraction of sp³-hybridized carbons (Fsp3) is 0.538. The summed E-state index contributed by atoms with van der Waals surface area (Å²) < 4.78 is 27.9. The molecule has 118 valence electrons. The molecule has 0 aromatic carbocycles. The second-order valence-corrected chi connectivity index (χ2v) is 7.08. The Morgan fingerprint density at radius 2 is 2.14 bits per heavy atom. The van der Waals surface area contributed by atoms with Gasteiger partial charge in [-0.25, -0.2) is 0 Å². The molecule has 0 radical (unpaired) electrons. The van der Waals surface area contributed by atoms with Crippen LogP contribution in [0.1, 0.15) is 25.8 Å². The molecule has 1 aromatic heterocycles. The second kappa shape index (κ2) is 7.48. The third kappa shape index (κ3) is 5.07. The summed E-state index contributed by atoms with van der Waals surface area (Å²) in [6, 6.07) is 3.43. The molecule has 1 rings (SSSR count). The van der Waals surface area contributed by atoms with Crippen molar-refractivity contribution >= 4 is 16.0 Å². The fourth-order valence-electron chi connectivity index (χ4n) is 1.66. The van der Waals surface area contributed by atoms with Crippen LogP contribution in [0.3, 0.4) is 0 Å². The third-order valence-corrected chi connectivity index (χ3v) is 5.24. The Morgan fingerprint density at radius 1 is 1.48 bits per heavy atom. The first kappa shape index (κ1) is 17.5. The Hall–Kier alpha value is -1.51. The van der Waals surface area contributed by atoms with Gasteiger partial charge in [-0.2, -0.15) is 17.0 Å². The van der Waals surface area contributed by atoms with E-state index in [-0.39, 0.29) is 31.4 Å². The van der Waals surface area contributed by atoms with Crippen LogP contribution in [0.2, 0.25) is 0 Å². The Bertz CT molecular complexity index is 559. The monoisotopic (exact) mass is 313 g/mol. The molecule has 0 saturated heterocycles. The molecule has 0 spiro atoms. The molecule has 0 aliphatic carbocycles. The molecular weight excluding hydrogens is 290 g/mol. The summed E-state index contributed by atoms with van der Waals surface area (Å²) in [5.41, 5.74) is 6.14. The van der Waals surface area contributed by atoms with Crippen molar-refractivity contribution in [2.45, 2.75) is 32.9 Å². The van der Waals surface area contributed by atoms with Gasteiger partial charge in [0.2, 0.25) is 0 Å². The topological polar surface area (TPSA) is 103 Å². The zero-order valence-corrected chi connectivity index (χ0v) is 13.5. The van der Waals surface area contributed by atoms with E-state index < -0.39 is 10.2 Å². The Morgan fingerprint density at radius 3 is 2.62 bits per heavy atom. The van der Waals surface area contributed by atoms with Gasteiger partial charge in [-0.1, -0.05) is 6.07 Å². The highest BCUT2D eigenvalue weighted by Gasteiger charge is 2.28. The zero-order valence-electron chi connectivity index (χ0n) is 12.7. The third-order valence-electron chi connectivity index (χ3n) is 3.13. The zero-order chi connectivity index (χ0) is 16.0. The molecule has 3 N–H and O–H groups in total. The van der Waals surface area contributed by atoms with E-state index >= 15 is 0 Å². The number of hydrogen-bond donors (Lipinski definition) is 2. The lowest BCUT2D eigenvalue weighted by atomic mass is 10.3. The number of nitrogens with one attached hydrogen (secondary N) is 1. The first-order valence-corrected chi connectivity index (χ1v) is 8.09. The highest BCUT2D eigenvalue weighted by molar-refractivity contribution is 7.86. The van der Waals surface area contributed by atoms with Gasteiger partial charge in [0.05, 0.1) is 5.84 Å². The van der Waals surface area contributed by atoms with Crippen molar-refractivity contribution in [3.63, 3.8) is 0 Å². The number of nitrogens with zero attached hydrogens (tertiary/aromatic N) is 3. The average Bonchev–Trinajstić information content (AvgIpc) is 2.43. The predicted molar refractivity (Wildman–Crippen MR) is 83.0 cm³/mol. The highest BCUT2D eigenvalue weighted by Crippen LogP contribution is 2.14. The molecule has 21 heavy (non-hydrogen) atoms. The van der Waals surface area contributed by atoms with E-state index in [0.29, 0.717) is 0 Å². The van der Waals surface area contributed by atoms with Gasteiger partial charge in [0, 0.05) is 45.0 Å². The standard InChI is InChI=1S/C13H23N5O2S/c1-11(2)17(3)21(19,20)18(8-6-13(14)15)10-12-5-4-7-16-9-12/h4-5,7,9,11H,6,8,10H2,1-3H3,(H3,14,15). The second-order valence-electron chi connectivity index (χ2n) is 5.09. The number of rotatable bonds is 8. The van der Waals surface area contributed by atoms with Crippen LogP contribution in [0.25, 0.3) is 0 Å². The van der Waals surface area contributed by atoms with Gasteiger partial charge >= 0.3 is 0 Å². The molecule has 0 bridgehead atoms. The van der Waals surface area contributed by atoms with Crippen LogP contribution in [-0.2, 0) is 16.8 Å². The highest BCUT2D eigenvalue weighted by atomic mass is 32.2. The average molecular weight is 313 g/mol. The van der Waals surface area contributed by atoms with Crippen LogP contribution in [0, 0.1) is 5.41 Å². The summed E-state index contributed by atoms with van der Waals surface area (Å²) in [4.78, 5) is 3.99. The maximum Gasteiger partial charge on any atom is 0.282 e. The van der Waals surface area contributed by atoms with Crippen molar-refractivity contribution in [3.05, 3.63) is 30.1 Å². The van der Waals surface area contributed by atoms with Gasteiger partial charge in [0.1, 0.15) is 0 Å². The number of amidine groups is 1. The van der Waals surface area contributed by atoms with Crippen LogP contribution >= 0.6 is 0 Å². The molecule has 0 amide bonds. The van der Waals surface area contributed by atoms with Crippen LogP contribution < -0.4 is 5.73 Å². The van der Waals surface area contributed by atoms with Gasteiger partial charge in [-0.05, 0) is 25.5 Å². The lowest BCUT2D eigenvalue weighted by Gasteiger charge is -2.29. The summed E-state index contributed by atoms with van der Waals surface area (Å²) >= 11 is 0. The maximum atomic E-state index is 12.6. The minimum Gasteiger partial charge on any atom is -0.388 e. The minimum absolute atomic E-state index is 0.0337. The molecule has 8 heteroatoms. The molecule has 0 saturated carbocycles. The van der Waals surface area contributed by atoms with Gasteiger partial charge in [-0.3, -0.25) is 10.4 Å². The van der Waals surface area contributed by atoms with E-state index in [0.717, 1.165) is 5.56 Å². The first-order chi connectivity index (χ1) is 9.75. The minimum atomic E-state index is -3.61.